The second-order valence-electron chi connectivity index (χ2n) is 6.82. The van der Waals surface area contributed by atoms with E-state index in [1.807, 2.05) is 18.2 Å². The van der Waals surface area contributed by atoms with Crippen LogP contribution < -0.4 is 9.47 Å². The Balaban J connectivity index is 1.35. The fourth-order valence-electron chi connectivity index (χ4n) is 3.39. The van der Waals surface area contributed by atoms with E-state index in [4.69, 9.17) is 9.47 Å². The highest BCUT2D eigenvalue weighted by atomic mass is 32.2. The molecule has 28 heavy (non-hydrogen) atoms. The van der Waals surface area contributed by atoms with E-state index in [1.165, 1.54) is 5.56 Å². The van der Waals surface area contributed by atoms with Crippen LogP contribution in [0.2, 0.25) is 0 Å². The van der Waals surface area contributed by atoms with Crippen molar-refractivity contribution in [3.8, 4) is 11.5 Å². The minimum atomic E-state index is -3.53. The van der Waals surface area contributed by atoms with E-state index < -0.39 is 10.0 Å². The first-order valence-corrected chi connectivity index (χ1v) is 10.9. The van der Waals surface area contributed by atoms with Gasteiger partial charge in [0, 0.05) is 38.8 Å². The van der Waals surface area contributed by atoms with Crippen LogP contribution in [-0.4, -0.2) is 63.6 Å². The molecular weight excluding hydrogens is 376 g/mol. The second-order valence-corrected chi connectivity index (χ2v) is 8.76. The first-order chi connectivity index (χ1) is 13.6. The second kappa shape index (κ2) is 8.34. The van der Waals surface area contributed by atoms with Gasteiger partial charge >= 0.3 is 0 Å². The molecule has 7 heteroatoms. The van der Waals surface area contributed by atoms with Gasteiger partial charge in [-0.3, -0.25) is 4.90 Å². The lowest BCUT2D eigenvalue weighted by Crippen LogP contribution is -2.48. The van der Waals surface area contributed by atoms with Crippen LogP contribution in [0, 0.1) is 0 Å². The Morgan fingerprint density at radius 1 is 0.893 bits per heavy atom. The molecule has 0 aromatic heterocycles. The summed E-state index contributed by atoms with van der Waals surface area (Å²) in [6.45, 7) is 4.12. The monoisotopic (exact) mass is 400 g/mol. The van der Waals surface area contributed by atoms with Crippen LogP contribution in [0.25, 0.3) is 6.08 Å². The lowest BCUT2D eigenvalue weighted by molar-refractivity contribution is 0.171. The van der Waals surface area contributed by atoms with Gasteiger partial charge in [0.1, 0.15) is 13.2 Å². The van der Waals surface area contributed by atoms with E-state index in [-0.39, 0.29) is 4.90 Å². The van der Waals surface area contributed by atoms with Crippen LogP contribution in [0.5, 0.6) is 11.5 Å². The fourth-order valence-corrected chi connectivity index (χ4v) is 4.83. The number of ether oxygens (including phenoxy) is 2. The van der Waals surface area contributed by atoms with E-state index in [0.717, 1.165) is 6.54 Å². The van der Waals surface area contributed by atoms with Crippen LogP contribution in [0.1, 0.15) is 5.56 Å². The molecule has 2 aromatic rings. The van der Waals surface area contributed by atoms with Crippen molar-refractivity contribution < 1.29 is 17.9 Å². The summed E-state index contributed by atoms with van der Waals surface area (Å²) in [5, 5.41) is 0. The molecule has 0 unspecified atom stereocenters. The molecule has 4 rings (SSSR count). The van der Waals surface area contributed by atoms with Crippen LogP contribution in [-0.2, 0) is 10.0 Å². The molecule has 2 heterocycles. The third kappa shape index (κ3) is 4.22. The Labute approximate surface area is 166 Å². The third-order valence-electron chi connectivity index (χ3n) is 4.96. The van der Waals surface area contributed by atoms with Gasteiger partial charge in [-0.25, -0.2) is 8.42 Å². The van der Waals surface area contributed by atoms with Gasteiger partial charge in [0.25, 0.3) is 0 Å². The summed E-state index contributed by atoms with van der Waals surface area (Å²) in [5.41, 5.74) is 1.17. The molecule has 0 amide bonds. The molecule has 0 spiro atoms. The average molecular weight is 401 g/mol. The first-order valence-electron chi connectivity index (χ1n) is 9.47. The predicted octanol–water partition coefficient (Wildman–Crippen LogP) is 2.48. The largest absolute Gasteiger partial charge is 0.486 e. The minimum Gasteiger partial charge on any atom is -0.486 e. The van der Waals surface area contributed by atoms with E-state index in [9.17, 15) is 8.42 Å². The van der Waals surface area contributed by atoms with Crippen LogP contribution in [0.15, 0.2) is 59.5 Å². The van der Waals surface area contributed by atoms with Crippen LogP contribution in [0.4, 0.5) is 0 Å². The van der Waals surface area contributed by atoms with E-state index in [1.54, 1.807) is 22.5 Å². The molecule has 2 aromatic carbocycles. The Hall–Kier alpha value is -2.35. The van der Waals surface area contributed by atoms with Gasteiger partial charge in [0.05, 0.1) is 4.90 Å². The maximum atomic E-state index is 13.0. The number of rotatable bonds is 5. The van der Waals surface area contributed by atoms with Crippen LogP contribution in [0.3, 0.4) is 0 Å². The van der Waals surface area contributed by atoms with E-state index in [0.29, 0.717) is 50.9 Å². The lowest BCUT2D eigenvalue weighted by Gasteiger charge is -2.33. The summed E-state index contributed by atoms with van der Waals surface area (Å²) in [6, 6.07) is 15.0. The summed E-state index contributed by atoms with van der Waals surface area (Å²) < 4.78 is 38.5. The average Bonchev–Trinajstić information content (AvgIpc) is 2.74. The third-order valence-corrected chi connectivity index (χ3v) is 6.85. The molecule has 0 radical (unpaired) electrons. The first kappa shape index (κ1) is 19.0. The number of nitrogens with zero attached hydrogens (tertiary/aromatic N) is 2. The molecule has 0 bridgehead atoms. The number of piperazine rings is 1. The number of benzene rings is 2. The Morgan fingerprint density at radius 2 is 1.61 bits per heavy atom. The van der Waals surface area contributed by atoms with Crippen molar-refractivity contribution in [3.05, 3.63) is 60.2 Å². The summed E-state index contributed by atoms with van der Waals surface area (Å²) in [4.78, 5) is 2.52. The Kier molecular flexibility index (Phi) is 5.66. The highest BCUT2D eigenvalue weighted by Crippen LogP contribution is 2.33. The molecule has 0 atom stereocenters. The van der Waals surface area contributed by atoms with Crippen molar-refractivity contribution >= 4 is 16.1 Å². The van der Waals surface area contributed by atoms with Gasteiger partial charge < -0.3 is 9.47 Å². The van der Waals surface area contributed by atoms with Gasteiger partial charge in [0.15, 0.2) is 11.5 Å². The number of sulfonamides is 1. The molecule has 2 aliphatic rings. The summed E-state index contributed by atoms with van der Waals surface area (Å²) in [5.74, 6) is 1.09. The zero-order valence-electron chi connectivity index (χ0n) is 15.7. The topological polar surface area (TPSA) is 59.1 Å². The van der Waals surface area contributed by atoms with Crippen molar-refractivity contribution in [2.75, 3.05) is 45.9 Å². The number of hydrogen-bond acceptors (Lipinski definition) is 5. The number of fused-ring (bicyclic) bond motifs is 1. The fraction of sp³-hybridized carbons (Fsp3) is 0.333. The number of hydrogen-bond donors (Lipinski definition) is 0. The van der Waals surface area contributed by atoms with Gasteiger partial charge in [-0.1, -0.05) is 42.5 Å². The van der Waals surface area contributed by atoms with E-state index >= 15 is 0 Å². The molecule has 6 nitrogen and oxygen atoms in total. The van der Waals surface area contributed by atoms with Crippen molar-refractivity contribution in [3.63, 3.8) is 0 Å². The Morgan fingerprint density at radius 3 is 2.36 bits per heavy atom. The quantitative estimate of drug-likeness (QED) is 0.772. The smallest absolute Gasteiger partial charge is 0.243 e. The predicted molar refractivity (Wildman–Crippen MR) is 108 cm³/mol. The van der Waals surface area contributed by atoms with Crippen molar-refractivity contribution in [2.24, 2.45) is 0 Å². The lowest BCUT2D eigenvalue weighted by atomic mass is 10.2. The molecule has 0 saturated carbocycles. The standard InChI is InChI=1S/C21H24N2O4S/c24-28(25,19-8-9-20-21(17-19)27-16-15-26-20)23-13-11-22(12-14-23)10-4-7-18-5-2-1-3-6-18/h1-9,17H,10-16H2/b7-4+. The Bertz CT molecular complexity index is 936. The normalized spacial score (nSPS) is 18.4. The van der Waals surface area contributed by atoms with Crippen molar-refractivity contribution in [1.29, 1.82) is 0 Å². The van der Waals surface area contributed by atoms with Crippen LogP contribution >= 0.6 is 0 Å². The van der Waals surface area contributed by atoms with Crippen molar-refractivity contribution in [2.45, 2.75) is 4.90 Å². The molecule has 0 aliphatic carbocycles. The molecule has 2 aliphatic heterocycles. The van der Waals surface area contributed by atoms with Gasteiger partial charge in [-0.2, -0.15) is 4.31 Å². The van der Waals surface area contributed by atoms with Gasteiger partial charge in [0.2, 0.25) is 10.0 Å². The SMILES string of the molecule is O=S(=O)(c1ccc2c(c1)OCCO2)N1CCN(C/C=C/c2ccccc2)CC1. The summed E-state index contributed by atoms with van der Waals surface area (Å²) >= 11 is 0. The highest BCUT2D eigenvalue weighted by molar-refractivity contribution is 7.89. The maximum absolute atomic E-state index is 13.0. The molecule has 148 valence electrons. The highest BCUT2D eigenvalue weighted by Gasteiger charge is 2.29. The van der Waals surface area contributed by atoms with Gasteiger partial charge in [-0.15, -0.1) is 0 Å². The van der Waals surface area contributed by atoms with Gasteiger partial charge in [-0.05, 0) is 17.7 Å². The zero-order chi connectivity index (χ0) is 19.4. The van der Waals surface area contributed by atoms with Crippen molar-refractivity contribution in [1.82, 2.24) is 9.21 Å². The van der Waals surface area contributed by atoms with E-state index in [2.05, 4.69) is 29.2 Å². The molecule has 1 saturated heterocycles. The summed E-state index contributed by atoms with van der Waals surface area (Å²) in [6.07, 6.45) is 4.22. The molecule has 1 fully saturated rings. The zero-order valence-corrected chi connectivity index (χ0v) is 16.5. The minimum absolute atomic E-state index is 0.258. The molecular formula is C21H24N2O4S. The summed E-state index contributed by atoms with van der Waals surface area (Å²) in [7, 11) is -3.53. The maximum Gasteiger partial charge on any atom is 0.243 e. The molecule has 0 N–H and O–H groups in total.